The highest BCUT2D eigenvalue weighted by Gasteiger charge is 2.30. The summed E-state index contributed by atoms with van der Waals surface area (Å²) >= 11 is 0. The van der Waals surface area contributed by atoms with Crippen LogP contribution in [0.2, 0.25) is 0 Å². The summed E-state index contributed by atoms with van der Waals surface area (Å²) in [7, 11) is 1.61. The summed E-state index contributed by atoms with van der Waals surface area (Å²) in [4.78, 5) is 18.6. The number of fused-ring (bicyclic) bond motifs is 2. The molecule has 2 aromatic rings. The Bertz CT molecular complexity index is 862. The van der Waals surface area contributed by atoms with Gasteiger partial charge in [-0.3, -0.25) is 4.79 Å². The monoisotopic (exact) mass is 355 g/mol. The van der Waals surface area contributed by atoms with E-state index in [-0.39, 0.29) is 11.3 Å². The number of aryl methyl sites for hydroxylation is 1. The van der Waals surface area contributed by atoms with Crippen LogP contribution >= 0.6 is 0 Å². The van der Waals surface area contributed by atoms with Crippen molar-refractivity contribution >= 4 is 17.4 Å². The molecule has 136 valence electrons. The molecule has 0 radical (unpaired) electrons. The minimum Gasteiger partial charge on any atom is -0.454 e. The Morgan fingerprint density at radius 2 is 2.04 bits per heavy atom. The molecule has 1 aromatic carbocycles. The van der Waals surface area contributed by atoms with E-state index in [0.29, 0.717) is 23.3 Å². The molecule has 1 amide bonds. The van der Waals surface area contributed by atoms with Crippen molar-refractivity contribution in [1.29, 1.82) is 0 Å². The van der Waals surface area contributed by atoms with E-state index in [2.05, 4.69) is 10.3 Å². The number of carbonyl (C=O) groups excluding carboxylic acids is 1. The molecule has 1 aliphatic carbocycles. The van der Waals surface area contributed by atoms with Gasteiger partial charge >= 0.3 is 0 Å². The number of pyridine rings is 1. The van der Waals surface area contributed by atoms with Crippen LogP contribution in [0.5, 0.6) is 11.5 Å². The van der Waals surface area contributed by atoms with E-state index in [1.807, 2.05) is 0 Å². The number of hydrogen-bond donors (Lipinski definition) is 1. The highest BCUT2D eigenvalue weighted by Crippen LogP contribution is 2.41. The molecule has 5 nitrogen and oxygen atoms in total. The fraction of sp³-hybridized carbons (Fsp3) is 0.400. The van der Waals surface area contributed by atoms with Crippen LogP contribution in [-0.2, 0) is 0 Å². The molecule has 26 heavy (non-hydrogen) atoms. The van der Waals surface area contributed by atoms with E-state index >= 15 is 0 Å². The molecule has 2 aliphatic rings. The number of ether oxygens (including phenoxy) is 1. The number of amides is 1. The van der Waals surface area contributed by atoms with E-state index in [9.17, 15) is 9.18 Å². The summed E-state index contributed by atoms with van der Waals surface area (Å²) < 4.78 is 20.3. The van der Waals surface area contributed by atoms with Crippen molar-refractivity contribution in [3.05, 3.63) is 41.3 Å². The number of nitrogens with one attached hydrogen (secondary N) is 1. The molecule has 4 rings (SSSR count). The zero-order chi connectivity index (χ0) is 18.3. The minimum atomic E-state index is -0.580. The van der Waals surface area contributed by atoms with Crippen LogP contribution in [0.1, 0.15) is 48.0 Å². The van der Waals surface area contributed by atoms with Crippen molar-refractivity contribution in [2.24, 2.45) is 0 Å². The topological polar surface area (TPSA) is 54.5 Å². The largest absolute Gasteiger partial charge is 0.454 e. The third-order valence-corrected chi connectivity index (χ3v) is 5.20. The molecule has 1 aliphatic heterocycles. The van der Waals surface area contributed by atoms with E-state index in [1.54, 1.807) is 32.3 Å². The minimum absolute atomic E-state index is 0.0366. The Morgan fingerprint density at radius 1 is 1.27 bits per heavy atom. The van der Waals surface area contributed by atoms with Crippen LogP contribution in [0.3, 0.4) is 0 Å². The number of anilines is 2. The van der Waals surface area contributed by atoms with Crippen molar-refractivity contribution in [2.75, 3.05) is 17.3 Å². The van der Waals surface area contributed by atoms with Crippen LogP contribution in [0.25, 0.3) is 0 Å². The molecule has 1 fully saturated rings. The lowest BCUT2D eigenvalue weighted by atomic mass is 9.95. The summed E-state index contributed by atoms with van der Waals surface area (Å²) in [5, 5.41) is 3.46. The van der Waals surface area contributed by atoms with Gasteiger partial charge in [0.05, 0.1) is 6.20 Å². The SMILES string of the molecule is Cc1ccc(F)c2c1Oc1cc(NC3CCCCC3)ncc1N(C)C2=O. The molecule has 0 spiro atoms. The fourth-order valence-corrected chi connectivity index (χ4v) is 3.68. The number of rotatable bonds is 2. The van der Waals surface area contributed by atoms with Gasteiger partial charge in [-0.05, 0) is 31.4 Å². The summed E-state index contributed by atoms with van der Waals surface area (Å²) in [6.45, 7) is 1.80. The van der Waals surface area contributed by atoms with Crippen molar-refractivity contribution in [3.8, 4) is 11.5 Å². The second kappa shape index (κ2) is 6.59. The lowest BCUT2D eigenvalue weighted by Crippen LogP contribution is -2.26. The van der Waals surface area contributed by atoms with Gasteiger partial charge in [-0.15, -0.1) is 0 Å². The molecule has 1 N–H and O–H groups in total. The van der Waals surface area contributed by atoms with Crippen LogP contribution in [0.4, 0.5) is 15.9 Å². The third kappa shape index (κ3) is 2.89. The van der Waals surface area contributed by atoms with Gasteiger partial charge in [0.25, 0.3) is 5.91 Å². The van der Waals surface area contributed by atoms with Crippen LogP contribution < -0.4 is 15.0 Å². The molecule has 1 aromatic heterocycles. The molecule has 0 atom stereocenters. The Balaban J connectivity index is 1.72. The van der Waals surface area contributed by atoms with Gasteiger partial charge in [0.1, 0.15) is 28.6 Å². The maximum absolute atomic E-state index is 14.3. The first-order valence-electron chi connectivity index (χ1n) is 9.06. The first kappa shape index (κ1) is 16.8. The maximum Gasteiger partial charge on any atom is 0.264 e. The van der Waals surface area contributed by atoms with E-state index in [0.717, 1.165) is 18.4 Å². The van der Waals surface area contributed by atoms with Crippen molar-refractivity contribution in [3.63, 3.8) is 0 Å². The number of nitrogens with zero attached hydrogens (tertiary/aromatic N) is 2. The maximum atomic E-state index is 14.3. The normalized spacial score (nSPS) is 17.2. The van der Waals surface area contributed by atoms with Crippen molar-refractivity contribution < 1.29 is 13.9 Å². The van der Waals surface area contributed by atoms with Gasteiger partial charge in [-0.25, -0.2) is 9.37 Å². The number of benzene rings is 1. The molecule has 2 heterocycles. The fourth-order valence-electron chi connectivity index (χ4n) is 3.68. The zero-order valence-electron chi connectivity index (χ0n) is 15.0. The number of halogens is 1. The second-order valence-corrected chi connectivity index (χ2v) is 7.05. The molecular formula is C20H22FN3O2. The van der Waals surface area contributed by atoms with Crippen molar-refractivity contribution in [1.82, 2.24) is 4.98 Å². The Labute approximate surface area is 152 Å². The lowest BCUT2D eigenvalue weighted by molar-refractivity contribution is 0.0989. The molecule has 6 heteroatoms. The number of hydrogen-bond acceptors (Lipinski definition) is 4. The van der Waals surface area contributed by atoms with Gasteiger partial charge < -0.3 is 15.0 Å². The smallest absolute Gasteiger partial charge is 0.264 e. The molecule has 0 unspecified atom stereocenters. The summed E-state index contributed by atoms with van der Waals surface area (Å²) in [6.07, 6.45) is 7.60. The highest BCUT2D eigenvalue weighted by molar-refractivity contribution is 6.09. The van der Waals surface area contributed by atoms with Crippen LogP contribution in [0.15, 0.2) is 24.4 Å². The first-order chi connectivity index (χ1) is 12.5. The van der Waals surface area contributed by atoms with E-state index in [4.69, 9.17) is 4.74 Å². The quantitative estimate of drug-likeness (QED) is 0.851. The standard InChI is InChI=1S/C20H22FN3O2/c1-12-8-9-14(21)18-19(12)26-16-10-17(23-13-6-4-3-5-7-13)22-11-15(16)24(2)20(18)25/h8-11,13H,3-7H2,1-2H3,(H,22,23). The lowest BCUT2D eigenvalue weighted by Gasteiger charge is -2.24. The van der Waals surface area contributed by atoms with Gasteiger partial charge in [0.15, 0.2) is 5.75 Å². The zero-order valence-corrected chi connectivity index (χ0v) is 15.0. The second-order valence-electron chi connectivity index (χ2n) is 7.05. The molecule has 0 saturated heterocycles. The van der Waals surface area contributed by atoms with E-state index < -0.39 is 11.7 Å². The predicted molar refractivity (Wildman–Crippen MR) is 98.7 cm³/mol. The Hall–Kier alpha value is -2.63. The molecular weight excluding hydrogens is 333 g/mol. The third-order valence-electron chi connectivity index (χ3n) is 5.20. The average Bonchev–Trinajstić information content (AvgIpc) is 2.75. The number of aromatic nitrogens is 1. The van der Waals surface area contributed by atoms with Gasteiger partial charge in [-0.2, -0.15) is 0 Å². The Kier molecular flexibility index (Phi) is 4.26. The highest BCUT2D eigenvalue weighted by atomic mass is 19.1. The van der Waals surface area contributed by atoms with Gasteiger partial charge in [0, 0.05) is 19.2 Å². The van der Waals surface area contributed by atoms with Crippen molar-refractivity contribution in [2.45, 2.75) is 45.1 Å². The number of carbonyl (C=O) groups is 1. The molecule has 0 bridgehead atoms. The summed E-state index contributed by atoms with van der Waals surface area (Å²) in [5.74, 6) is 0.476. The molecule has 1 saturated carbocycles. The first-order valence-corrected chi connectivity index (χ1v) is 9.06. The van der Waals surface area contributed by atoms with Gasteiger partial charge in [0.2, 0.25) is 0 Å². The Morgan fingerprint density at radius 3 is 2.81 bits per heavy atom. The van der Waals surface area contributed by atoms with Gasteiger partial charge in [-0.1, -0.05) is 25.3 Å². The summed E-state index contributed by atoms with van der Waals surface area (Å²) in [5.41, 5.74) is 1.21. The summed E-state index contributed by atoms with van der Waals surface area (Å²) in [6, 6.07) is 5.13. The van der Waals surface area contributed by atoms with Crippen LogP contribution in [-0.4, -0.2) is 24.0 Å². The van der Waals surface area contributed by atoms with Crippen LogP contribution in [0, 0.1) is 12.7 Å². The average molecular weight is 355 g/mol. The predicted octanol–water partition coefficient (Wildman–Crippen LogP) is 4.66. The van der Waals surface area contributed by atoms with E-state index in [1.165, 1.54) is 30.2 Å².